The third kappa shape index (κ3) is 5.19. The Morgan fingerprint density at radius 2 is 1.75 bits per heavy atom. The van der Waals surface area contributed by atoms with E-state index in [1.54, 1.807) is 19.1 Å². The van der Waals surface area contributed by atoms with Crippen molar-refractivity contribution in [1.82, 2.24) is 10.2 Å². The summed E-state index contributed by atoms with van der Waals surface area (Å²) >= 11 is 0. The molecule has 28 heavy (non-hydrogen) atoms. The number of nitrogens with two attached hydrogens (primary N) is 1. The minimum atomic E-state index is -3.87. The zero-order valence-electron chi connectivity index (χ0n) is 16.1. The lowest BCUT2D eigenvalue weighted by Gasteiger charge is -2.27. The van der Waals surface area contributed by atoms with Gasteiger partial charge >= 0.3 is 0 Å². The number of nitrogens with one attached hydrogen (secondary N) is 1. The monoisotopic (exact) mass is 401 g/mol. The average Bonchev–Trinajstić information content (AvgIpc) is 2.67. The molecular formula is C21H27N3O3S. The van der Waals surface area contributed by atoms with Crippen LogP contribution in [0.1, 0.15) is 46.3 Å². The molecule has 0 bridgehead atoms. The Bertz CT molecular complexity index is 951. The van der Waals surface area contributed by atoms with Crippen LogP contribution in [0.15, 0.2) is 47.4 Å². The van der Waals surface area contributed by atoms with Crippen LogP contribution < -0.4 is 10.5 Å². The van der Waals surface area contributed by atoms with Gasteiger partial charge in [-0.05, 0) is 61.7 Å². The molecule has 1 amide bonds. The second-order valence-electron chi connectivity index (χ2n) is 7.31. The summed E-state index contributed by atoms with van der Waals surface area (Å²) in [6.45, 7) is 5.15. The van der Waals surface area contributed by atoms with Crippen LogP contribution in [0.5, 0.6) is 0 Å². The first-order chi connectivity index (χ1) is 13.3. The highest BCUT2D eigenvalue weighted by Gasteiger charge is 2.16. The van der Waals surface area contributed by atoms with Gasteiger partial charge in [0.05, 0.1) is 4.90 Å². The van der Waals surface area contributed by atoms with Gasteiger partial charge in [0, 0.05) is 18.7 Å². The molecule has 2 aromatic carbocycles. The summed E-state index contributed by atoms with van der Waals surface area (Å²) in [5.41, 5.74) is 3.08. The van der Waals surface area contributed by atoms with Crippen molar-refractivity contribution in [2.24, 2.45) is 5.14 Å². The number of hydrogen-bond acceptors (Lipinski definition) is 4. The molecule has 2 aromatic rings. The molecule has 0 radical (unpaired) electrons. The average molecular weight is 402 g/mol. The Balaban J connectivity index is 1.70. The topological polar surface area (TPSA) is 92.5 Å². The van der Waals surface area contributed by atoms with Crippen molar-refractivity contribution < 1.29 is 13.2 Å². The van der Waals surface area contributed by atoms with Gasteiger partial charge in [0.15, 0.2) is 0 Å². The summed E-state index contributed by atoms with van der Waals surface area (Å²) in [5, 5.41) is 8.13. The van der Waals surface area contributed by atoms with Crippen molar-refractivity contribution in [3.63, 3.8) is 0 Å². The van der Waals surface area contributed by atoms with Crippen LogP contribution in [0.25, 0.3) is 0 Å². The molecule has 0 aliphatic carbocycles. The SMILES string of the molecule is Cc1ccc(C(=O)NCc2ccccc2CN2CCCCC2)cc1S(N)(=O)=O. The molecule has 3 N–H and O–H groups in total. The lowest BCUT2D eigenvalue weighted by molar-refractivity contribution is 0.0950. The number of likely N-dealkylation sites (tertiary alicyclic amines) is 1. The Kier molecular flexibility index (Phi) is 6.49. The first-order valence-electron chi connectivity index (χ1n) is 9.55. The predicted octanol–water partition coefficient (Wildman–Crippen LogP) is 2.56. The van der Waals surface area contributed by atoms with E-state index in [0.29, 0.717) is 12.1 Å². The van der Waals surface area contributed by atoms with E-state index in [2.05, 4.69) is 16.3 Å². The molecule has 0 atom stereocenters. The van der Waals surface area contributed by atoms with Crippen LogP contribution in [0, 0.1) is 6.92 Å². The lowest BCUT2D eigenvalue weighted by Crippen LogP contribution is -2.30. The first kappa shape index (κ1) is 20.5. The maximum absolute atomic E-state index is 12.6. The van der Waals surface area contributed by atoms with Crippen LogP contribution in [0.3, 0.4) is 0 Å². The fraction of sp³-hybridized carbons (Fsp3) is 0.381. The van der Waals surface area contributed by atoms with E-state index in [0.717, 1.165) is 25.2 Å². The number of aryl methyl sites for hydroxylation is 1. The summed E-state index contributed by atoms with van der Waals surface area (Å²) in [4.78, 5) is 15.0. The Hall–Kier alpha value is -2.22. The highest BCUT2D eigenvalue weighted by atomic mass is 32.2. The molecule has 0 spiro atoms. The summed E-state index contributed by atoms with van der Waals surface area (Å²) < 4.78 is 23.4. The standard InChI is InChI=1S/C21H27N3O3S/c1-16-9-10-17(13-20(16)28(22,26)27)21(25)23-14-18-7-3-4-8-19(18)15-24-11-5-2-6-12-24/h3-4,7-10,13H,2,5-6,11-12,14-15H2,1H3,(H,23,25)(H2,22,26,27). The minimum absolute atomic E-state index is 0.0225. The Morgan fingerprint density at radius 1 is 1.07 bits per heavy atom. The summed E-state index contributed by atoms with van der Waals surface area (Å²) in [7, 11) is -3.87. The second-order valence-corrected chi connectivity index (χ2v) is 8.84. The normalized spacial score (nSPS) is 15.4. The third-order valence-electron chi connectivity index (χ3n) is 5.16. The van der Waals surface area contributed by atoms with E-state index < -0.39 is 10.0 Å². The highest BCUT2D eigenvalue weighted by Crippen LogP contribution is 2.18. The van der Waals surface area contributed by atoms with Crippen LogP contribution in [0.4, 0.5) is 0 Å². The van der Waals surface area contributed by atoms with E-state index in [1.807, 2.05) is 18.2 Å². The molecule has 3 rings (SSSR count). The van der Waals surface area contributed by atoms with Gasteiger partial charge in [-0.3, -0.25) is 9.69 Å². The maximum Gasteiger partial charge on any atom is 0.251 e. The van der Waals surface area contributed by atoms with E-state index in [4.69, 9.17) is 5.14 Å². The van der Waals surface area contributed by atoms with Crippen LogP contribution in [-0.4, -0.2) is 32.3 Å². The molecule has 0 saturated carbocycles. The van der Waals surface area contributed by atoms with Gasteiger partial charge in [0.25, 0.3) is 5.91 Å². The summed E-state index contributed by atoms with van der Waals surface area (Å²) in [5.74, 6) is -0.322. The molecule has 6 nitrogen and oxygen atoms in total. The quantitative estimate of drug-likeness (QED) is 0.778. The van der Waals surface area contributed by atoms with Crippen molar-refractivity contribution in [3.8, 4) is 0 Å². The largest absolute Gasteiger partial charge is 0.348 e. The van der Waals surface area contributed by atoms with Crippen molar-refractivity contribution >= 4 is 15.9 Å². The molecule has 150 valence electrons. The van der Waals surface area contributed by atoms with E-state index in [9.17, 15) is 13.2 Å². The number of rotatable bonds is 6. The van der Waals surface area contributed by atoms with E-state index in [-0.39, 0.29) is 16.4 Å². The van der Waals surface area contributed by atoms with Crippen LogP contribution >= 0.6 is 0 Å². The number of hydrogen-bond donors (Lipinski definition) is 2. The molecule has 1 saturated heterocycles. The fourth-order valence-corrected chi connectivity index (χ4v) is 4.38. The lowest BCUT2D eigenvalue weighted by atomic mass is 10.0. The predicted molar refractivity (Wildman–Crippen MR) is 109 cm³/mol. The molecular weight excluding hydrogens is 374 g/mol. The molecule has 1 fully saturated rings. The number of nitrogens with zero attached hydrogens (tertiary/aromatic N) is 1. The molecule has 0 unspecified atom stereocenters. The van der Waals surface area contributed by atoms with E-state index >= 15 is 0 Å². The molecule has 0 aromatic heterocycles. The molecule has 1 aliphatic heterocycles. The van der Waals surface area contributed by atoms with Crippen molar-refractivity contribution in [2.45, 2.75) is 44.2 Å². The number of benzene rings is 2. The smallest absolute Gasteiger partial charge is 0.251 e. The van der Waals surface area contributed by atoms with Gasteiger partial charge in [-0.1, -0.05) is 36.8 Å². The maximum atomic E-state index is 12.6. The molecule has 1 aliphatic rings. The van der Waals surface area contributed by atoms with Crippen molar-refractivity contribution in [2.75, 3.05) is 13.1 Å². The van der Waals surface area contributed by atoms with Gasteiger partial charge in [0.1, 0.15) is 0 Å². The zero-order chi connectivity index (χ0) is 20.1. The number of carbonyl (C=O) groups is 1. The molecule has 7 heteroatoms. The first-order valence-corrected chi connectivity index (χ1v) is 11.1. The zero-order valence-corrected chi connectivity index (χ0v) is 17.0. The minimum Gasteiger partial charge on any atom is -0.348 e. The second kappa shape index (κ2) is 8.86. The van der Waals surface area contributed by atoms with Crippen LogP contribution in [-0.2, 0) is 23.1 Å². The van der Waals surface area contributed by atoms with Crippen molar-refractivity contribution in [3.05, 3.63) is 64.7 Å². The number of carbonyl (C=O) groups excluding carboxylic acids is 1. The number of piperidine rings is 1. The van der Waals surface area contributed by atoms with E-state index in [1.165, 1.54) is 30.9 Å². The summed E-state index contributed by atoms with van der Waals surface area (Å²) in [6.07, 6.45) is 3.77. The third-order valence-corrected chi connectivity index (χ3v) is 6.21. The Labute approximate surface area is 166 Å². The number of sulfonamides is 1. The molecule has 1 heterocycles. The Morgan fingerprint density at radius 3 is 2.43 bits per heavy atom. The van der Waals surface area contributed by atoms with Gasteiger partial charge in [-0.15, -0.1) is 0 Å². The van der Waals surface area contributed by atoms with Crippen LogP contribution in [0.2, 0.25) is 0 Å². The van der Waals surface area contributed by atoms with Gasteiger partial charge in [-0.25, -0.2) is 13.6 Å². The van der Waals surface area contributed by atoms with Gasteiger partial charge in [0.2, 0.25) is 10.0 Å². The van der Waals surface area contributed by atoms with Gasteiger partial charge < -0.3 is 5.32 Å². The van der Waals surface area contributed by atoms with Crippen molar-refractivity contribution in [1.29, 1.82) is 0 Å². The number of amides is 1. The number of primary sulfonamides is 1. The highest BCUT2D eigenvalue weighted by molar-refractivity contribution is 7.89. The van der Waals surface area contributed by atoms with Gasteiger partial charge in [-0.2, -0.15) is 0 Å². The fourth-order valence-electron chi connectivity index (χ4n) is 3.57. The summed E-state index contributed by atoms with van der Waals surface area (Å²) in [6, 6.07) is 12.6.